The SMILES string of the molecule is O=C(c1ccco1)N1CC[NH+](C[C@@H](O)COc2ccc3oc4ccccc4c3c2)CC1. The Morgan fingerprint density at radius 3 is 2.68 bits per heavy atom. The molecule has 1 amide bonds. The molecule has 1 aliphatic heterocycles. The zero-order valence-electron chi connectivity index (χ0n) is 17.1. The van der Waals surface area contributed by atoms with Gasteiger partial charge >= 0.3 is 0 Å². The molecule has 0 bridgehead atoms. The van der Waals surface area contributed by atoms with Gasteiger partial charge in [0.1, 0.15) is 36.2 Å². The summed E-state index contributed by atoms with van der Waals surface area (Å²) in [4.78, 5) is 15.4. The van der Waals surface area contributed by atoms with Crippen LogP contribution in [0.15, 0.2) is 69.7 Å². The van der Waals surface area contributed by atoms with E-state index >= 15 is 0 Å². The summed E-state index contributed by atoms with van der Waals surface area (Å²) in [6.45, 7) is 3.67. The summed E-state index contributed by atoms with van der Waals surface area (Å²) in [5.41, 5.74) is 1.67. The van der Waals surface area contributed by atoms with Gasteiger partial charge in [0.25, 0.3) is 5.91 Å². The summed E-state index contributed by atoms with van der Waals surface area (Å²) in [6, 6.07) is 17.0. The lowest BCUT2D eigenvalue weighted by Crippen LogP contribution is -3.16. The van der Waals surface area contributed by atoms with Crippen LogP contribution in [-0.4, -0.2) is 61.3 Å². The number of ether oxygens (including phenoxy) is 1. The largest absolute Gasteiger partial charge is 0.491 e. The number of nitrogens with one attached hydrogen (secondary N) is 1. The second-order valence-electron chi connectivity index (χ2n) is 7.94. The maximum Gasteiger partial charge on any atom is 0.289 e. The second kappa shape index (κ2) is 8.45. The molecule has 7 heteroatoms. The molecule has 5 rings (SSSR count). The molecule has 1 saturated heterocycles. The molecule has 160 valence electrons. The van der Waals surface area contributed by atoms with E-state index < -0.39 is 6.10 Å². The molecule has 0 aliphatic carbocycles. The number of aliphatic hydroxyl groups is 1. The highest BCUT2D eigenvalue weighted by molar-refractivity contribution is 6.05. The van der Waals surface area contributed by atoms with Gasteiger partial charge in [-0.05, 0) is 36.4 Å². The van der Waals surface area contributed by atoms with Crippen LogP contribution in [0.1, 0.15) is 10.6 Å². The molecule has 31 heavy (non-hydrogen) atoms. The first-order valence-electron chi connectivity index (χ1n) is 10.6. The number of carbonyl (C=O) groups is 1. The Labute approximate surface area is 179 Å². The minimum atomic E-state index is -0.584. The van der Waals surface area contributed by atoms with Crippen LogP contribution in [0.4, 0.5) is 0 Å². The number of hydrogen-bond donors (Lipinski definition) is 2. The standard InChI is InChI=1S/C24H24N2O5/c27-17(15-25-9-11-26(12-10-25)24(28)23-6-3-13-29-23)16-30-18-7-8-22-20(14-18)19-4-1-2-5-21(19)31-22/h1-8,13-14,17,27H,9-12,15-16H2/p+1/t17-/m1/s1. The van der Waals surface area contributed by atoms with Gasteiger partial charge in [-0.2, -0.15) is 0 Å². The normalized spacial score (nSPS) is 16.1. The lowest BCUT2D eigenvalue weighted by atomic mass is 10.1. The third-order valence-electron chi connectivity index (χ3n) is 5.80. The number of amides is 1. The van der Waals surface area contributed by atoms with Crippen LogP contribution < -0.4 is 9.64 Å². The molecule has 3 heterocycles. The Hall–Kier alpha value is -3.29. The van der Waals surface area contributed by atoms with Gasteiger partial charge in [0.05, 0.1) is 32.4 Å². The summed E-state index contributed by atoms with van der Waals surface area (Å²) >= 11 is 0. The lowest BCUT2D eigenvalue weighted by molar-refractivity contribution is -0.907. The molecule has 4 aromatic rings. The Morgan fingerprint density at radius 2 is 1.87 bits per heavy atom. The highest BCUT2D eigenvalue weighted by Gasteiger charge is 2.27. The number of piperazine rings is 1. The van der Waals surface area contributed by atoms with Crippen LogP contribution in [0.5, 0.6) is 5.75 Å². The minimum absolute atomic E-state index is 0.0740. The molecule has 0 unspecified atom stereocenters. The summed E-state index contributed by atoms with van der Waals surface area (Å²) in [5.74, 6) is 1.01. The maximum atomic E-state index is 12.4. The van der Waals surface area contributed by atoms with Gasteiger partial charge in [-0.15, -0.1) is 0 Å². The van der Waals surface area contributed by atoms with Gasteiger partial charge in [-0.3, -0.25) is 4.79 Å². The van der Waals surface area contributed by atoms with Crippen LogP contribution in [0.25, 0.3) is 21.9 Å². The molecule has 2 aromatic heterocycles. The first-order chi connectivity index (χ1) is 15.2. The van der Waals surface area contributed by atoms with Crippen molar-refractivity contribution in [1.29, 1.82) is 0 Å². The zero-order chi connectivity index (χ0) is 21.2. The Kier molecular flexibility index (Phi) is 5.36. The number of fused-ring (bicyclic) bond motifs is 3. The van der Waals surface area contributed by atoms with Crippen molar-refractivity contribution in [2.45, 2.75) is 6.10 Å². The average molecular weight is 421 g/mol. The summed E-state index contributed by atoms with van der Waals surface area (Å²) in [6.07, 6.45) is 0.928. The summed E-state index contributed by atoms with van der Waals surface area (Å²) in [5, 5.41) is 12.5. The van der Waals surface area contributed by atoms with Crippen molar-refractivity contribution >= 4 is 27.8 Å². The van der Waals surface area contributed by atoms with E-state index in [0.717, 1.165) is 35.0 Å². The molecule has 2 aromatic carbocycles. The topological polar surface area (TPSA) is 80.5 Å². The van der Waals surface area contributed by atoms with E-state index in [1.54, 1.807) is 17.0 Å². The highest BCUT2D eigenvalue weighted by Crippen LogP contribution is 2.31. The van der Waals surface area contributed by atoms with Crippen LogP contribution in [0, 0.1) is 0 Å². The van der Waals surface area contributed by atoms with E-state index in [9.17, 15) is 9.90 Å². The van der Waals surface area contributed by atoms with Gasteiger partial charge in [0.15, 0.2) is 5.76 Å². The van der Waals surface area contributed by atoms with E-state index in [0.29, 0.717) is 31.1 Å². The predicted molar refractivity (Wildman–Crippen MR) is 115 cm³/mol. The van der Waals surface area contributed by atoms with Crippen LogP contribution in [0.2, 0.25) is 0 Å². The fraction of sp³-hybridized carbons (Fsp3) is 0.292. The number of furan rings is 2. The second-order valence-corrected chi connectivity index (χ2v) is 7.94. The van der Waals surface area contributed by atoms with Crippen LogP contribution >= 0.6 is 0 Å². The van der Waals surface area contributed by atoms with Crippen LogP contribution in [0.3, 0.4) is 0 Å². The van der Waals surface area contributed by atoms with Crippen molar-refractivity contribution in [2.24, 2.45) is 0 Å². The van der Waals surface area contributed by atoms with Gasteiger partial charge in [0, 0.05) is 10.8 Å². The van der Waals surface area contributed by atoms with Crippen molar-refractivity contribution in [1.82, 2.24) is 4.90 Å². The molecule has 0 saturated carbocycles. The average Bonchev–Trinajstić information content (AvgIpc) is 3.46. The van der Waals surface area contributed by atoms with Gasteiger partial charge in [-0.1, -0.05) is 18.2 Å². The van der Waals surface area contributed by atoms with E-state index in [2.05, 4.69) is 0 Å². The quantitative estimate of drug-likeness (QED) is 0.498. The molecule has 0 spiro atoms. The monoisotopic (exact) mass is 421 g/mol. The number of quaternary nitrogens is 1. The lowest BCUT2D eigenvalue weighted by Gasteiger charge is -2.32. The van der Waals surface area contributed by atoms with Crippen LogP contribution in [-0.2, 0) is 0 Å². The fourth-order valence-corrected chi connectivity index (χ4v) is 4.17. The smallest absolute Gasteiger partial charge is 0.289 e. The van der Waals surface area contributed by atoms with Crippen molar-refractivity contribution in [3.8, 4) is 5.75 Å². The number of para-hydroxylation sites is 1. The molecular formula is C24H25N2O5+. The van der Waals surface area contributed by atoms with Gasteiger partial charge in [0.2, 0.25) is 0 Å². The molecule has 1 atom stereocenters. The van der Waals surface area contributed by atoms with E-state index in [4.69, 9.17) is 13.6 Å². The number of benzene rings is 2. The predicted octanol–water partition coefficient (Wildman–Crippen LogP) is 1.96. The number of hydrogen-bond acceptors (Lipinski definition) is 5. The van der Waals surface area contributed by atoms with Gasteiger partial charge < -0.3 is 28.5 Å². The summed E-state index contributed by atoms with van der Waals surface area (Å²) < 4.78 is 16.9. The highest BCUT2D eigenvalue weighted by atomic mass is 16.5. The number of rotatable bonds is 6. The van der Waals surface area contributed by atoms with Crippen molar-refractivity contribution < 1.29 is 28.4 Å². The van der Waals surface area contributed by atoms with Crippen molar-refractivity contribution in [2.75, 3.05) is 39.3 Å². The number of carbonyl (C=O) groups excluding carboxylic acids is 1. The number of aliphatic hydroxyl groups excluding tert-OH is 1. The first kappa shape index (κ1) is 19.7. The van der Waals surface area contributed by atoms with Crippen molar-refractivity contribution in [3.63, 3.8) is 0 Å². The minimum Gasteiger partial charge on any atom is -0.491 e. The fourth-order valence-electron chi connectivity index (χ4n) is 4.17. The molecule has 0 radical (unpaired) electrons. The zero-order valence-corrected chi connectivity index (χ0v) is 17.1. The van der Waals surface area contributed by atoms with E-state index in [-0.39, 0.29) is 12.5 Å². The molecule has 1 fully saturated rings. The Bertz CT molecular complexity index is 1180. The maximum absolute atomic E-state index is 12.4. The Balaban J connectivity index is 1.13. The molecule has 2 N–H and O–H groups in total. The third-order valence-corrected chi connectivity index (χ3v) is 5.80. The van der Waals surface area contributed by atoms with E-state index in [1.807, 2.05) is 42.5 Å². The van der Waals surface area contributed by atoms with Gasteiger partial charge in [-0.25, -0.2) is 0 Å². The molecule has 7 nitrogen and oxygen atoms in total. The molecular weight excluding hydrogens is 396 g/mol. The van der Waals surface area contributed by atoms with E-state index in [1.165, 1.54) is 11.2 Å². The summed E-state index contributed by atoms with van der Waals surface area (Å²) in [7, 11) is 0. The first-order valence-corrected chi connectivity index (χ1v) is 10.6. The third kappa shape index (κ3) is 4.15. The number of nitrogens with zero attached hydrogens (tertiary/aromatic N) is 1. The molecule has 1 aliphatic rings. The Morgan fingerprint density at radius 1 is 1.06 bits per heavy atom. The van der Waals surface area contributed by atoms with Crippen molar-refractivity contribution in [3.05, 3.63) is 66.6 Å².